The van der Waals surface area contributed by atoms with Crippen LogP contribution in [0.3, 0.4) is 0 Å². The van der Waals surface area contributed by atoms with E-state index in [-0.39, 0.29) is 17.1 Å². The fraction of sp³-hybridized carbons (Fsp3) is 0.440. The molecule has 0 saturated heterocycles. The maximum atomic E-state index is 12.4. The van der Waals surface area contributed by atoms with Crippen LogP contribution in [0.1, 0.15) is 44.7 Å². The molecular weight excluding hydrogens is 454 g/mol. The predicted molar refractivity (Wildman–Crippen MR) is 140 cm³/mol. The first-order chi connectivity index (χ1) is 15.4. The number of sulfonamides is 1. The molecule has 0 spiro atoms. The van der Waals surface area contributed by atoms with Gasteiger partial charge in [-0.05, 0) is 54.2 Å². The van der Waals surface area contributed by atoms with Crippen molar-refractivity contribution in [3.05, 3.63) is 65.7 Å². The second kappa shape index (κ2) is 12.1. The number of ketones is 1. The summed E-state index contributed by atoms with van der Waals surface area (Å²) in [6, 6.07) is 17.4. The van der Waals surface area contributed by atoms with E-state index in [1.165, 1.54) is 5.56 Å². The number of carbonyl (C=O) groups excluding carboxylic acids is 1. The van der Waals surface area contributed by atoms with Gasteiger partial charge < -0.3 is 10.6 Å². The molecule has 3 N–H and O–H groups in total. The summed E-state index contributed by atoms with van der Waals surface area (Å²) in [5.41, 5.74) is 2.42. The van der Waals surface area contributed by atoms with E-state index in [4.69, 9.17) is 12.2 Å². The number of thiocarbonyl (C=S) groups is 1. The molecule has 8 heteroatoms. The molecule has 1 unspecified atom stereocenters. The van der Waals surface area contributed by atoms with Crippen molar-refractivity contribution in [3.8, 4) is 0 Å². The van der Waals surface area contributed by atoms with Crippen molar-refractivity contribution in [1.29, 1.82) is 0 Å². The van der Waals surface area contributed by atoms with Crippen LogP contribution in [0.4, 0.5) is 5.69 Å². The quantitative estimate of drug-likeness (QED) is 0.409. The van der Waals surface area contributed by atoms with Gasteiger partial charge in [-0.25, -0.2) is 8.42 Å². The zero-order chi connectivity index (χ0) is 24.5. The van der Waals surface area contributed by atoms with Crippen LogP contribution in [-0.4, -0.2) is 32.1 Å². The highest BCUT2D eigenvalue weighted by atomic mass is 32.2. The molecule has 0 radical (unpaired) electrons. The summed E-state index contributed by atoms with van der Waals surface area (Å²) in [5.74, 6) is 0.551. The van der Waals surface area contributed by atoms with Gasteiger partial charge in [0.25, 0.3) is 0 Å². The summed E-state index contributed by atoms with van der Waals surface area (Å²) in [6.07, 6.45) is 3.35. The van der Waals surface area contributed by atoms with Crippen molar-refractivity contribution < 1.29 is 13.2 Å². The number of Topliss-reactive ketones (excluding diaryl/α,β-unsaturated/α-hetero) is 1. The normalized spacial score (nSPS) is 12.6. The molecule has 33 heavy (non-hydrogen) atoms. The van der Waals surface area contributed by atoms with Crippen LogP contribution in [0.2, 0.25) is 0 Å². The molecule has 0 bridgehead atoms. The van der Waals surface area contributed by atoms with Crippen molar-refractivity contribution in [2.24, 2.45) is 11.3 Å². The minimum absolute atomic E-state index is 0.273. The number of anilines is 1. The minimum atomic E-state index is -3.29. The van der Waals surface area contributed by atoms with Gasteiger partial charge in [-0.3, -0.25) is 9.52 Å². The number of benzene rings is 2. The van der Waals surface area contributed by atoms with E-state index in [1.54, 1.807) is 12.1 Å². The van der Waals surface area contributed by atoms with Gasteiger partial charge in [0.15, 0.2) is 5.11 Å². The second-order valence-electron chi connectivity index (χ2n) is 9.40. The van der Waals surface area contributed by atoms with E-state index in [0.29, 0.717) is 30.3 Å². The van der Waals surface area contributed by atoms with Gasteiger partial charge in [0, 0.05) is 30.6 Å². The molecule has 0 aliphatic carbocycles. The summed E-state index contributed by atoms with van der Waals surface area (Å²) in [7, 11) is -3.29. The smallest absolute Gasteiger partial charge is 0.229 e. The molecule has 2 rings (SSSR count). The van der Waals surface area contributed by atoms with E-state index >= 15 is 0 Å². The number of hydrogen-bond donors (Lipinski definition) is 3. The van der Waals surface area contributed by atoms with Crippen LogP contribution in [-0.2, 0) is 27.8 Å². The van der Waals surface area contributed by atoms with Gasteiger partial charge in [-0.1, -0.05) is 63.2 Å². The van der Waals surface area contributed by atoms with Crippen LogP contribution in [0.5, 0.6) is 0 Å². The van der Waals surface area contributed by atoms with Crippen LogP contribution in [0.25, 0.3) is 0 Å². The predicted octanol–water partition coefficient (Wildman–Crippen LogP) is 4.28. The van der Waals surface area contributed by atoms with E-state index < -0.39 is 10.0 Å². The molecule has 1 atom stereocenters. The van der Waals surface area contributed by atoms with Gasteiger partial charge in [0.05, 0.1) is 6.26 Å². The third-order valence-corrected chi connectivity index (χ3v) is 6.14. The molecule has 0 aliphatic rings. The summed E-state index contributed by atoms with van der Waals surface area (Å²) in [4.78, 5) is 12.4. The number of carbonyl (C=O) groups is 1. The first-order valence-corrected chi connectivity index (χ1v) is 13.4. The Morgan fingerprint density at radius 3 is 2.18 bits per heavy atom. The first-order valence-electron chi connectivity index (χ1n) is 11.1. The van der Waals surface area contributed by atoms with Gasteiger partial charge >= 0.3 is 0 Å². The third-order valence-electron chi connectivity index (χ3n) is 5.24. The lowest BCUT2D eigenvalue weighted by atomic mass is 9.85. The minimum Gasteiger partial charge on any atom is -0.362 e. The molecule has 2 aromatic carbocycles. The summed E-state index contributed by atoms with van der Waals surface area (Å²) in [5, 5.41) is 7.03. The molecule has 0 fully saturated rings. The van der Waals surface area contributed by atoms with Gasteiger partial charge in [0.2, 0.25) is 10.0 Å². The highest BCUT2D eigenvalue weighted by Crippen LogP contribution is 2.21. The number of rotatable bonds is 11. The summed E-state index contributed by atoms with van der Waals surface area (Å²) >= 11 is 5.45. The molecule has 0 heterocycles. The highest BCUT2D eigenvalue weighted by molar-refractivity contribution is 7.92. The summed E-state index contributed by atoms with van der Waals surface area (Å²) in [6.45, 7) is 7.08. The van der Waals surface area contributed by atoms with Crippen molar-refractivity contribution in [2.75, 3.05) is 17.5 Å². The Morgan fingerprint density at radius 2 is 1.61 bits per heavy atom. The Hall–Kier alpha value is -2.45. The Labute approximate surface area is 203 Å². The maximum absolute atomic E-state index is 12.4. The monoisotopic (exact) mass is 489 g/mol. The largest absolute Gasteiger partial charge is 0.362 e. The molecule has 0 amide bonds. The average molecular weight is 490 g/mol. The summed E-state index contributed by atoms with van der Waals surface area (Å²) < 4.78 is 25.1. The van der Waals surface area contributed by atoms with E-state index in [1.807, 2.05) is 51.1 Å². The van der Waals surface area contributed by atoms with Crippen molar-refractivity contribution in [3.63, 3.8) is 0 Å². The second-order valence-corrected chi connectivity index (χ2v) is 11.6. The molecule has 6 nitrogen and oxygen atoms in total. The SMILES string of the molecule is CC(C)(C)C(=O)CCC(CNC(=S)NCc1ccc(NS(C)(=O)=O)cc1)Cc1ccccc1. The Balaban J connectivity index is 1.87. The molecule has 0 saturated carbocycles. The molecule has 180 valence electrons. The van der Waals surface area contributed by atoms with Gasteiger partial charge in [-0.15, -0.1) is 0 Å². The average Bonchev–Trinajstić information content (AvgIpc) is 2.73. The third kappa shape index (κ3) is 10.8. The van der Waals surface area contributed by atoms with Crippen LogP contribution >= 0.6 is 12.2 Å². The molecule has 0 aliphatic heterocycles. The Kier molecular flexibility index (Phi) is 9.86. The highest BCUT2D eigenvalue weighted by Gasteiger charge is 2.22. The van der Waals surface area contributed by atoms with Crippen molar-refractivity contribution in [1.82, 2.24) is 10.6 Å². The Morgan fingerprint density at radius 1 is 0.970 bits per heavy atom. The van der Waals surface area contributed by atoms with E-state index in [9.17, 15) is 13.2 Å². The van der Waals surface area contributed by atoms with Gasteiger partial charge in [-0.2, -0.15) is 0 Å². The van der Waals surface area contributed by atoms with Crippen LogP contribution < -0.4 is 15.4 Å². The lowest BCUT2D eigenvalue weighted by Crippen LogP contribution is -2.38. The Bertz CT molecular complexity index is 1020. The number of hydrogen-bond acceptors (Lipinski definition) is 4. The lowest BCUT2D eigenvalue weighted by Gasteiger charge is -2.22. The maximum Gasteiger partial charge on any atom is 0.229 e. The molecule has 2 aromatic rings. The van der Waals surface area contributed by atoms with E-state index in [2.05, 4.69) is 27.5 Å². The zero-order valence-electron chi connectivity index (χ0n) is 19.9. The molecular formula is C25H35N3O3S2. The van der Waals surface area contributed by atoms with Crippen LogP contribution in [0, 0.1) is 11.3 Å². The van der Waals surface area contributed by atoms with Crippen LogP contribution in [0.15, 0.2) is 54.6 Å². The zero-order valence-corrected chi connectivity index (χ0v) is 21.5. The number of nitrogens with one attached hydrogen (secondary N) is 3. The fourth-order valence-corrected chi connectivity index (χ4v) is 4.04. The fourth-order valence-electron chi connectivity index (χ4n) is 3.32. The van der Waals surface area contributed by atoms with Gasteiger partial charge in [0.1, 0.15) is 5.78 Å². The standard InChI is InChI=1S/C25H35N3O3S2/c1-25(2,3)23(29)15-12-21(16-19-8-6-5-7-9-19)18-27-24(32)26-17-20-10-13-22(14-11-20)28-33(4,30)31/h5-11,13-14,21,28H,12,15-18H2,1-4H3,(H2,26,27,32). The lowest BCUT2D eigenvalue weighted by molar-refractivity contribution is -0.126. The topological polar surface area (TPSA) is 87.3 Å². The van der Waals surface area contributed by atoms with E-state index in [0.717, 1.165) is 24.7 Å². The van der Waals surface area contributed by atoms with Crippen molar-refractivity contribution >= 4 is 38.8 Å². The van der Waals surface area contributed by atoms with Crippen molar-refractivity contribution in [2.45, 2.75) is 46.6 Å². The first kappa shape index (κ1) is 26.8. The molecule has 0 aromatic heterocycles.